The highest BCUT2D eigenvalue weighted by Crippen LogP contribution is 2.25. The molecule has 0 spiro atoms. The molecule has 1 atom stereocenters. The summed E-state index contributed by atoms with van der Waals surface area (Å²) in [6.07, 6.45) is 3.54. The Morgan fingerprint density at radius 3 is 2.57 bits per heavy atom. The van der Waals surface area contributed by atoms with Gasteiger partial charge in [-0.15, -0.1) is 0 Å². The number of rotatable bonds is 5. The summed E-state index contributed by atoms with van der Waals surface area (Å²) < 4.78 is 9.11. The molecule has 0 aliphatic carbocycles. The molecule has 1 fully saturated rings. The normalized spacial score (nSPS) is 16.2. The number of hydrogen-bond donors (Lipinski definition) is 2. The Balaban J connectivity index is 1.55. The van der Waals surface area contributed by atoms with Crippen molar-refractivity contribution in [2.24, 2.45) is 0 Å². The van der Waals surface area contributed by atoms with Crippen LogP contribution in [0.3, 0.4) is 0 Å². The van der Waals surface area contributed by atoms with Crippen LogP contribution in [0.5, 0.6) is 11.5 Å². The number of para-hydroxylation sites is 1. The van der Waals surface area contributed by atoms with E-state index in [0.717, 1.165) is 25.1 Å². The third-order valence-corrected chi connectivity index (χ3v) is 5.37. The Labute approximate surface area is 172 Å². The molecule has 0 radical (unpaired) electrons. The van der Waals surface area contributed by atoms with Crippen molar-refractivity contribution in [2.75, 3.05) is 12.3 Å². The summed E-state index contributed by atoms with van der Waals surface area (Å²) in [7, 11) is 0. The minimum absolute atomic E-state index is 0.178. The molecule has 152 valence electrons. The number of hydrogen-bond acceptors (Lipinski definition) is 6. The second-order valence-corrected chi connectivity index (χ2v) is 7.36. The number of fused-ring (bicyclic) bond motifs is 1. The van der Waals surface area contributed by atoms with Gasteiger partial charge in [-0.25, -0.2) is 14.8 Å². The fraction of sp³-hybridized carbons (Fsp3) is 0.227. The van der Waals surface area contributed by atoms with Gasteiger partial charge in [0.05, 0.1) is 5.69 Å². The van der Waals surface area contributed by atoms with Gasteiger partial charge in [-0.05, 0) is 55.8 Å². The first-order valence-corrected chi connectivity index (χ1v) is 9.99. The standard InChI is InChI=1S/C22H22N6O2/c23-20-19-21(26-14-25-20)27(13-15-5-4-12-24-15)22(29)28(19)16-8-10-18(11-9-16)30-17-6-2-1-3-7-17/h1-3,6-11,14-15,24H,4-5,12-13H2,(H2,23,25,26). The SMILES string of the molecule is Nc1ncnc2c1n(-c1ccc(Oc3ccccc3)cc1)c(=O)n2CC1CCCN1. The number of nitrogens with two attached hydrogens (primary N) is 1. The van der Waals surface area contributed by atoms with Gasteiger partial charge in [0, 0.05) is 12.6 Å². The van der Waals surface area contributed by atoms with Gasteiger partial charge < -0.3 is 15.8 Å². The summed E-state index contributed by atoms with van der Waals surface area (Å²) in [5, 5.41) is 3.43. The van der Waals surface area contributed by atoms with Gasteiger partial charge in [0.25, 0.3) is 0 Å². The number of benzene rings is 2. The van der Waals surface area contributed by atoms with E-state index in [9.17, 15) is 4.79 Å². The van der Waals surface area contributed by atoms with Crippen LogP contribution in [0.15, 0.2) is 65.7 Å². The first-order chi connectivity index (χ1) is 14.7. The van der Waals surface area contributed by atoms with Crippen molar-refractivity contribution in [2.45, 2.75) is 25.4 Å². The van der Waals surface area contributed by atoms with E-state index in [4.69, 9.17) is 10.5 Å². The summed E-state index contributed by atoms with van der Waals surface area (Å²) in [6, 6.07) is 17.1. The Morgan fingerprint density at radius 1 is 1.07 bits per heavy atom. The van der Waals surface area contributed by atoms with Crippen molar-refractivity contribution in [3.05, 3.63) is 71.4 Å². The fourth-order valence-electron chi connectivity index (χ4n) is 3.93. The number of imidazole rings is 1. The topological polar surface area (TPSA) is 100.0 Å². The molecular weight excluding hydrogens is 380 g/mol. The van der Waals surface area contributed by atoms with Crippen LogP contribution in [0, 0.1) is 0 Å². The lowest BCUT2D eigenvalue weighted by molar-refractivity contribution is 0.482. The molecule has 3 N–H and O–H groups in total. The number of anilines is 1. The van der Waals surface area contributed by atoms with Crippen molar-refractivity contribution in [1.29, 1.82) is 0 Å². The summed E-state index contributed by atoms with van der Waals surface area (Å²) in [4.78, 5) is 21.8. The highest BCUT2D eigenvalue weighted by atomic mass is 16.5. The quantitative estimate of drug-likeness (QED) is 0.532. The molecule has 8 heteroatoms. The van der Waals surface area contributed by atoms with Crippen molar-refractivity contribution in [3.8, 4) is 17.2 Å². The zero-order valence-electron chi connectivity index (χ0n) is 16.4. The first-order valence-electron chi connectivity index (χ1n) is 9.99. The minimum atomic E-state index is -0.178. The summed E-state index contributed by atoms with van der Waals surface area (Å²) >= 11 is 0. The van der Waals surface area contributed by atoms with Crippen LogP contribution in [-0.2, 0) is 6.54 Å². The van der Waals surface area contributed by atoms with E-state index in [-0.39, 0.29) is 17.5 Å². The van der Waals surface area contributed by atoms with Gasteiger partial charge in [-0.2, -0.15) is 0 Å². The van der Waals surface area contributed by atoms with Gasteiger partial charge in [-0.1, -0.05) is 18.2 Å². The smallest absolute Gasteiger partial charge is 0.335 e. The molecule has 1 unspecified atom stereocenters. The first kappa shape index (κ1) is 18.4. The predicted octanol–water partition coefficient (Wildman–Crippen LogP) is 2.71. The Hall–Kier alpha value is -3.65. The minimum Gasteiger partial charge on any atom is -0.457 e. The van der Waals surface area contributed by atoms with Crippen LogP contribution in [-0.4, -0.2) is 31.7 Å². The van der Waals surface area contributed by atoms with Gasteiger partial charge in [0.15, 0.2) is 11.5 Å². The third kappa shape index (κ3) is 3.31. The van der Waals surface area contributed by atoms with Crippen molar-refractivity contribution < 1.29 is 4.74 Å². The highest BCUT2D eigenvalue weighted by Gasteiger charge is 2.22. The number of ether oxygens (including phenoxy) is 1. The molecule has 0 bridgehead atoms. The Morgan fingerprint density at radius 2 is 1.83 bits per heavy atom. The van der Waals surface area contributed by atoms with E-state index in [1.54, 1.807) is 9.13 Å². The monoisotopic (exact) mass is 402 g/mol. The lowest BCUT2D eigenvalue weighted by Crippen LogP contribution is -2.32. The van der Waals surface area contributed by atoms with E-state index in [1.165, 1.54) is 6.33 Å². The second-order valence-electron chi connectivity index (χ2n) is 7.36. The zero-order chi connectivity index (χ0) is 20.5. The van der Waals surface area contributed by atoms with Gasteiger partial charge in [0.1, 0.15) is 23.3 Å². The summed E-state index contributed by atoms with van der Waals surface area (Å²) in [5.74, 6) is 1.71. The molecule has 1 aliphatic heterocycles. The maximum absolute atomic E-state index is 13.3. The van der Waals surface area contributed by atoms with Crippen LogP contribution in [0.25, 0.3) is 16.9 Å². The Kier molecular flexibility index (Phi) is 4.68. The average Bonchev–Trinajstić information content (AvgIpc) is 3.38. The Bertz CT molecular complexity index is 1220. The molecule has 8 nitrogen and oxygen atoms in total. The van der Waals surface area contributed by atoms with Crippen molar-refractivity contribution >= 4 is 17.0 Å². The third-order valence-electron chi connectivity index (χ3n) is 5.37. The molecule has 3 heterocycles. The molecule has 0 saturated carbocycles. The van der Waals surface area contributed by atoms with E-state index in [0.29, 0.717) is 29.1 Å². The number of aromatic nitrogens is 4. The number of nitrogen functional groups attached to an aromatic ring is 1. The van der Waals surface area contributed by atoms with Crippen LogP contribution >= 0.6 is 0 Å². The van der Waals surface area contributed by atoms with Gasteiger partial charge in [-0.3, -0.25) is 9.13 Å². The molecular formula is C22H22N6O2. The zero-order valence-corrected chi connectivity index (χ0v) is 16.4. The molecule has 5 rings (SSSR count). The van der Waals surface area contributed by atoms with Crippen molar-refractivity contribution in [3.63, 3.8) is 0 Å². The van der Waals surface area contributed by atoms with E-state index >= 15 is 0 Å². The molecule has 2 aromatic carbocycles. The maximum atomic E-state index is 13.3. The predicted molar refractivity (Wildman–Crippen MR) is 115 cm³/mol. The second kappa shape index (κ2) is 7.64. The van der Waals surface area contributed by atoms with Crippen molar-refractivity contribution in [1.82, 2.24) is 24.4 Å². The molecule has 1 aliphatic rings. The van der Waals surface area contributed by atoms with Crippen LogP contribution in [0.4, 0.5) is 5.82 Å². The van der Waals surface area contributed by atoms with E-state index in [1.807, 2.05) is 54.6 Å². The lowest BCUT2D eigenvalue weighted by atomic mass is 10.2. The van der Waals surface area contributed by atoms with E-state index < -0.39 is 0 Å². The summed E-state index contributed by atoms with van der Waals surface area (Å²) in [6.45, 7) is 1.52. The largest absolute Gasteiger partial charge is 0.457 e. The molecule has 30 heavy (non-hydrogen) atoms. The van der Waals surface area contributed by atoms with Crippen LogP contribution in [0.2, 0.25) is 0 Å². The van der Waals surface area contributed by atoms with Crippen LogP contribution < -0.4 is 21.5 Å². The van der Waals surface area contributed by atoms with Gasteiger partial charge >= 0.3 is 5.69 Å². The van der Waals surface area contributed by atoms with Crippen LogP contribution in [0.1, 0.15) is 12.8 Å². The maximum Gasteiger partial charge on any atom is 0.335 e. The number of nitrogens with zero attached hydrogens (tertiary/aromatic N) is 4. The summed E-state index contributed by atoms with van der Waals surface area (Å²) in [5.41, 5.74) is 7.73. The molecule has 1 saturated heterocycles. The average molecular weight is 402 g/mol. The fourth-order valence-corrected chi connectivity index (χ4v) is 3.93. The van der Waals surface area contributed by atoms with E-state index in [2.05, 4.69) is 15.3 Å². The molecule has 4 aromatic rings. The molecule has 0 amide bonds. The highest BCUT2D eigenvalue weighted by molar-refractivity contribution is 5.84. The number of nitrogens with one attached hydrogen (secondary N) is 1. The van der Waals surface area contributed by atoms with Gasteiger partial charge in [0.2, 0.25) is 0 Å². The lowest BCUT2D eigenvalue weighted by Gasteiger charge is -2.10. The molecule has 2 aromatic heterocycles.